The van der Waals surface area contributed by atoms with Crippen LogP contribution in [0.15, 0.2) is 48.5 Å². The fraction of sp³-hybridized carbons (Fsp3) is 0.516. The summed E-state index contributed by atoms with van der Waals surface area (Å²) in [6.07, 6.45) is 4.45. The van der Waals surface area contributed by atoms with Crippen LogP contribution in [-0.2, 0) is 16.1 Å². The molecule has 0 radical (unpaired) electrons. The number of aromatic carboxylic acids is 1. The number of nitrogens with one attached hydrogen (secondary N) is 1. The lowest BCUT2D eigenvalue weighted by molar-refractivity contribution is -0.139. The highest BCUT2D eigenvalue weighted by Crippen LogP contribution is 2.24. The molecule has 0 aliphatic carbocycles. The van der Waals surface area contributed by atoms with Crippen molar-refractivity contribution in [1.29, 1.82) is 0 Å². The molecule has 0 spiro atoms. The topological polar surface area (TPSA) is 99.2 Å². The van der Waals surface area contributed by atoms with Gasteiger partial charge in [-0.05, 0) is 73.6 Å². The molecule has 0 aromatic heterocycles. The lowest BCUT2D eigenvalue weighted by Gasteiger charge is -2.40. The second-order valence-corrected chi connectivity index (χ2v) is 10.9. The number of nitrogens with zero attached hydrogens (tertiary/aromatic N) is 2. The Morgan fingerprint density at radius 3 is 2.13 bits per heavy atom. The van der Waals surface area contributed by atoms with Crippen molar-refractivity contribution in [1.82, 2.24) is 15.1 Å². The van der Waals surface area contributed by atoms with Gasteiger partial charge >= 0.3 is 5.97 Å². The Labute approximate surface area is 232 Å². The van der Waals surface area contributed by atoms with E-state index < -0.39 is 12.0 Å². The van der Waals surface area contributed by atoms with Crippen molar-refractivity contribution in [2.24, 2.45) is 5.92 Å². The van der Waals surface area contributed by atoms with Gasteiger partial charge < -0.3 is 20.1 Å². The van der Waals surface area contributed by atoms with Crippen molar-refractivity contribution in [2.45, 2.75) is 78.4 Å². The molecule has 0 bridgehead atoms. The maximum absolute atomic E-state index is 13.6. The predicted octanol–water partition coefficient (Wildman–Crippen LogP) is 5.32. The van der Waals surface area contributed by atoms with Gasteiger partial charge in [-0.2, -0.15) is 0 Å². The van der Waals surface area contributed by atoms with Crippen LogP contribution >= 0.6 is 0 Å². The van der Waals surface area contributed by atoms with Crippen LogP contribution in [-0.4, -0.2) is 64.4 Å². The van der Waals surface area contributed by atoms with Crippen molar-refractivity contribution < 1.29 is 24.2 Å². The Balaban J connectivity index is 1.55. The molecule has 2 amide bonds. The zero-order valence-corrected chi connectivity index (χ0v) is 23.7. The highest BCUT2D eigenvalue weighted by atomic mass is 16.5. The maximum atomic E-state index is 13.6. The minimum atomic E-state index is -0.962. The van der Waals surface area contributed by atoms with Crippen molar-refractivity contribution in [3.63, 3.8) is 0 Å². The minimum Gasteiger partial charge on any atom is -0.478 e. The molecule has 8 heteroatoms. The number of amides is 2. The van der Waals surface area contributed by atoms with Crippen LogP contribution in [0.1, 0.15) is 75.7 Å². The Hall–Kier alpha value is -3.39. The molecule has 0 saturated carbocycles. The SMILES string of the molecule is CCCCN(C(=O)C(CC(C)C)NC(C)=O)C1CCN(Cc2ccc(Oc3ccc(C(=O)O)cc3)cc2)CC1. The molecule has 1 unspecified atom stereocenters. The van der Waals surface area contributed by atoms with Crippen LogP contribution in [0, 0.1) is 5.92 Å². The quantitative estimate of drug-likeness (QED) is 0.359. The number of rotatable bonds is 13. The van der Waals surface area contributed by atoms with Gasteiger partial charge in [-0.15, -0.1) is 0 Å². The molecule has 3 rings (SSSR count). The third kappa shape index (κ3) is 9.39. The highest BCUT2D eigenvalue weighted by Gasteiger charge is 2.32. The molecule has 39 heavy (non-hydrogen) atoms. The van der Waals surface area contributed by atoms with Gasteiger partial charge in [0.25, 0.3) is 0 Å². The molecule has 2 N–H and O–H groups in total. The van der Waals surface area contributed by atoms with E-state index in [0.717, 1.165) is 51.9 Å². The largest absolute Gasteiger partial charge is 0.478 e. The minimum absolute atomic E-state index is 0.0546. The number of carbonyl (C=O) groups excluding carboxylic acids is 2. The summed E-state index contributed by atoms with van der Waals surface area (Å²) in [5, 5.41) is 11.9. The fourth-order valence-corrected chi connectivity index (χ4v) is 5.05. The molecule has 8 nitrogen and oxygen atoms in total. The monoisotopic (exact) mass is 537 g/mol. The van der Waals surface area contributed by atoms with E-state index in [2.05, 4.69) is 31.0 Å². The fourth-order valence-electron chi connectivity index (χ4n) is 5.05. The van der Waals surface area contributed by atoms with Crippen LogP contribution in [0.5, 0.6) is 11.5 Å². The molecular weight excluding hydrogens is 494 g/mol. The van der Waals surface area contributed by atoms with Gasteiger partial charge in [0.2, 0.25) is 11.8 Å². The van der Waals surface area contributed by atoms with Crippen LogP contribution in [0.4, 0.5) is 0 Å². The first-order chi connectivity index (χ1) is 18.7. The second-order valence-electron chi connectivity index (χ2n) is 10.9. The van der Waals surface area contributed by atoms with E-state index in [4.69, 9.17) is 9.84 Å². The summed E-state index contributed by atoms with van der Waals surface area (Å²) < 4.78 is 5.85. The van der Waals surface area contributed by atoms with Crippen LogP contribution < -0.4 is 10.1 Å². The predicted molar refractivity (Wildman–Crippen MR) is 152 cm³/mol. The number of likely N-dealkylation sites (tertiary alicyclic amines) is 1. The first kappa shape index (κ1) is 30.2. The first-order valence-corrected chi connectivity index (χ1v) is 14.1. The van der Waals surface area contributed by atoms with Gasteiger partial charge in [-0.25, -0.2) is 4.79 Å². The van der Waals surface area contributed by atoms with Crippen molar-refractivity contribution in [3.8, 4) is 11.5 Å². The molecule has 1 fully saturated rings. The molecule has 1 aliphatic heterocycles. The number of ether oxygens (including phenoxy) is 1. The van der Waals surface area contributed by atoms with E-state index in [9.17, 15) is 14.4 Å². The summed E-state index contributed by atoms with van der Waals surface area (Å²) in [5.74, 6) is 0.531. The third-order valence-corrected chi connectivity index (χ3v) is 7.08. The summed E-state index contributed by atoms with van der Waals surface area (Å²) in [5.41, 5.74) is 1.41. The van der Waals surface area contributed by atoms with Gasteiger partial charge in [0.05, 0.1) is 5.56 Å². The maximum Gasteiger partial charge on any atom is 0.335 e. The summed E-state index contributed by atoms with van der Waals surface area (Å²) in [6.45, 7) is 11.1. The standard InChI is InChI=1S/C31H43N3O5/c1-5-6-17-34(30(36)29(20-22(2)3)32-23(4)35)26-15-18-33(19-16-26)21-24-7-11-27(12-8-24)39-28-13-9-25(10-14-28)31(37)38/h7-14,22,26,29H,5-6,15-21H2,1-4H3,(H,32,35)(H,37,38). The number of hydrogen-bond donors (Lipinski definition) is 2. The van der Waals surface area contributed by atoms with Crippen molar-refractivity contribution in [3.05, 3.63) is 59.7 Å². The average molecular weight is 538 g/mol. The smallest absolute Gasteiger partial charge is 0.335 e. The lowest BCUT2D eigenvalue weighted by atomic mass is 9.98. The number of unbranched alkanes of at least 4 members (excludes halogenated alkanes) is 1. The lowest BCUT2D eigenvalue weighted by Crippen LogP contribution is -2.54. The van der Waals surface area contributed by atoms with Crippen molar-refractivity contribution >= 4 is 17.8 Å². The first-order valence-electron chi connectivity index (χ1n) is 14.1. The summed E-state index contributed by atoms with van der Waals surface area (Å²) in [7, 11) is 0. The number of carboxylic acids is 1. The molecule has 1 atom stereocenters. The van der Waals surface area contributed by atoms with E-state index in [0.29, 0.717) is 23.8 Å². The van der Waals surface area contributed by atoms with Crippen LogP contribution in [0.25, 0.3) is 0 Å². The van der Waals surface area contributed by atoms with Gasteiger partial charge in [0, 0.05) is 39.1 Å². The molecule has 2 aromatic carbocycles. The van der Waals surface area contributed by atoms with Crippen LogP contribution in [0.3, 0.4) is 0 Å². The number of piperidine rings is 1. The summed E-state index contributed by atoms with van der Waals surface area (Å²) >= 11 is 0. The van der Waals surface area contributed by atoms with Gasteiger partial charge in [0.1, 0.15) is 17.5 Å². The highest BCUT2D eigenvalue weighted by molar-refractivity contribution is 5.88. The average Bonchev–Trinajstić information content (AvgIpc) is 2.90. The normalized spacial score (nSPS) is 15.1. The number of carbonyl (C=O) groups is 3. The number of benzene rings is 2. The molecule has 1 saturated heterocycles. The molecule has 2 aromatic rings. The zero-order valence-electron chi connectivity index (χ0n) is 23.7. The second kappa shape index (κ2) is 14.7. The molecule has 1 aliphatic rings. The number of hydrogen-bond acceptors (Lipinski definition) is 5. The third-order valence-electron chi connectivity index (χ3n) is 7.08. The number of carboxylic acid groups (broad SMARTS) is 1. The van der Waals surface area contributed by atoms with Crippen molar-refractivity contribution in [2.75, 3.05) is 19.6 Å². The van der Waals surface area contributed by atoms with E-state index in [1.807, 2.05) is 29.2 Å². The van der Waals surface area contributed by atoms with Gasteiger partial charge in [-0.1, -0.05) is 39.3 Å². The molecular formula is C31H43N3O5. The Morgan fingerprint density at radius 2 is 1.62 bits per heavy atom. The van der Waals surface area contributed by atoms with Gasteiger partial charge in [-0.3, -0.25) is 14.5 Å². The van der Waals surface area contributed by atoms with Crippen LogP contribution in [0.2, 0.25) is 0 Å². The van der Waals surface area contributed by atoms with E-state index in [1.165, 1.54) is 24.6 Å². The Kier molecular flexibility index (Phi) is 11.3. The van der Waals surface area contributed by atoms with E-state index in [1.54, 1.807) is 12.1 Å². The molecule has 212 valence electrons. The Morgan fingerprint density at radius 1 is 1.03 bits per heavy atom. The summed E-state index contributed by atoms with van der Waals surface area (Å²) in [4.78, 5) is 40.8. The van der Waals surface area contributed by atoms with E-state index in [-0.39, 0.29) is 23.4 Å². The molecule has 1 heterocycles. The van der Waals surface area contributed by atoms with E-state index >= 15 is 0 Å². The Bertz CT molecular complexity index is 1080. The van der Waals surface area contributed by atoms with Gasteiger partial charge in [0.15, 0.2) is 0 Å². The summed E-state index contributed by atoms with van der Waals surface area (Å²) in [6, 6.07) is 14.0. The zero-order chi connectivity index (χ0) is 28.4.